The number of furan rings is 1. The lowest BCUT2D eigenvalue weighted by Crippen LogP contribution is -2.42. The van der Waals surface area contributed by atoms with Crippen LogP contribution in [0.15, 0.2) is 58.7 Å². The quantitative estimate of drug-likeness (QED) is 0.590. The molecular formula is C18H17ClN2O4S. The Hall–Kier alpha value is -2.48. The van der Waals surface area contributed by atoms with Gasteiger partial charge in [0.1, 0.15) is 11.4 Å². The molecule has 0 aliphatic rings. The number of rotatable bonds is 6. The van der Waals surface area contributed by atoms with E-state index in [2.05, 4.69) is 10.6 Å². The molecule has 2 aromatic heterocycles. The maximum Gasteiger partial charge on any atom is 0.319 e. The van der Waals surface area contributed by atoms with Crippen molar-refractivity contribution >= 4 is 34.7 Å². The zero-order chi connectivity index (χ0) is 18.6. The summed E-state index contributed by atoms with van der Waals surface area (Å²) >= 11 is 7.36. The number of nitrogens with one attached hydrogen (secondary N) is 2. The van der Waals surface area contributed by atoms with Gasteiger partial charge in [0.25, 0.3) is 0 Å². The molecule has 3 N–H and O–H groups in total. The van der Waals surface area contributed by atoms with Crippen molar-refractivity contribution in [2.45, 2.75) is 5.60 Å². The third-order valence-electron chi connectivity index (χ3n) is 3.84. The molecule has 0 spiro atoms. The molecule has 0 radical (unpaired) electrons. The SMILES string of the molecule is COc1ccc(Cl)cc1NC(=O)NC[C@@](O)(c1ccoc1)c1cccs1. The monoisotopic (exact) mass is 392 g/mol. The molecule has 6 nitrogen and oxygen atoms in total. The van der Waals surface area contributed by atoms with E-state index in [-0.39, 0.29) is 6.54 Å². The smallest absolute Gasteiger partial charge is 0.319 e. The van der Waals surface area contributed by atoms with Crippen molar-refractivity contribution in [3.8, 4) is 5.75 Å². The Morgan fingerprint density at radius 2 is 2.23 bits per heavy atom. The first-order valence-corrected chi connectivity index (χ1v) is 8.96. The molecule has 2 amide bonds. The van der Waals surface area contributed by atoms with Gasteiger partial charge >= 0.3 is 6.03 Å². The van der Waals surface area contributed by atoms with Gasteiger partial charge in [-0.25, -0.2) is 4.79 Å². The number of halogens is 1. The molecule has 0 fully saturated rings. The number of hydrogen-bond donors (Lipinski definition) is 3. The van der Waals surface area contributed by atoms with E-state index in [0.717, 1.165) is 0 Å². The standard InChI is InChI=1S/C18H17ClN2O4S/c1-24-15-5-4-13(19)9-14(15)21-17(22)20-11-18(23,12-6-7-25-10-12)16-3-2-8-26-16/h2-10,23H,11H2,1H3,(H2,20,21,22)/t18-/m1/s1. The van der Waals surface area contributed by atoms with Crippen LogP contribution in [0.4, 0.5) is 10.5 Å². The summed E-state index contributed by atoms with van der Waals surface area (Å²) in [5, 5.41) is 18.8. The lowest BCUT2D eigenvalue weighted by molar-refractivity contribution is 0.0859. The number of amides is 2. The van der Waals surface area contributed by atoms with Crippen LogP contribution in [-0.4, -0.2) is 24.8 Å². The predicted molar refractivity (Wildman–Crippen MR) is 101 cm³/mol. The molecule has 0 aliphatic carbocycles. The Balaban J connectivity index is 1.74. The van der Waals surface area contributed by atoms with Gasteiger partial charge in [-0.3, -0.25) is 0 Å². The maximum absolute atomic E-state index is 12.3. The van der Waals surface area contributed by atoms with E-state index in [1.54, 1.807) is 30.3 Å². The average molecular weight is 393 g/mol. The number of methoxy groups -OCH3 is 1. The first-order chi connectivity index (χ1) is 12.5. The van der Waals surface area contributed by atoms with Gasteiger partial charge in [-0.05, 0) is 35.7 Å². The lowest BCUT2D eigenvalue weighted by atomic mass is 9.94. The van der Waals surface area contributed by atoms with E-state index in [4.69, 9.17) is 20.8 Å². The van der Waals surface area contributed by atoms with Crippen LogP contribution in [0, 0.1) is 0 Å². The third-order valence-corrected chi connectivity index (χ3v) is 5.10. The molecule has 8 heteroatoms. The highest BCUT2D eigenvalue weighted by Gasteiger charge is 2.34. The number of ether oxygens (including phenoxy) is 1. The van der Waals surface area contributed by atoms with Crippen LogP contribution >= 0.6 is 22.9 Å². The van der Waals surface area contributed by atoms with Crippen LogP contribution in [0.5, 0.6) is 5.75 Å². The van der Waals surface area contributed by atoms with Gasteiger partial charge in [0.05, 0.1) is 31.9 Å². The Morgan fingerprint density at radius 3 is 2.88 bits per heavy atom. The van der Waals surface area contributed by atoms with Crippen LogP contribution < -0.4 is 15.4 Å². The normalized spacial score (nSPS) is 13.0. The molecular weight excluding hydrogens is 376 g/mol. The molecule has 1 aromatic carbocycles. The summed E-state index contributed by atoms with van der Waals surface area (Å²) in [5.41, 5.74) is -0.405. The van der Waals surface area contributed by atoms with Crippen molar-refractivity contribution in [2.24, 2.45) is 0 Å². The fourth-order valence-corrected chi connectivity index (χ4v) is 3.52. The maximum atomic E-state index is 12.3. The number of aliphatic hydroxyl groups is 1. The minimum absolute atomic E-state index is 0.0399. The molecule has 1 atom stereocenters. The summed E-state index contributed by atoms with van der Waals surface area (Å²) in [7, 11) is 1.50. The van der Waals surface area contributed by atoms with Crippen molar-refractivity contribution in [1.29, 1.82) is 0 Å². The van der Waals surface area contributed by atoms with Gasteiger partial charge < -0.3 is 24.9 Å². The highest BCUT2D eigenvalue weighted by Crippen LogP contribution is 2.33. The fraction of sp³-hybridized carbons (Fsp3) is 0.167. The van der Waals surface area contributed by atoms with E-state index in [1.165, 1.54) is 31.0 Å². The first kappa shape index (κ1) is 18.3. The van der Waals surface area contributed by atoms with Gasteiger partial charge in [-0.2, -0.15) is 0 Å². The minimum atomic E-state index is -1.39. The van der Waals surface area contributed by atoms with Gasteiger partial charge in [-0.1, -0.05) is 17.7 Å². The second-order valence-electron chi connectivity index (χ2n) is 5.50. The summed E-state index contributed by atoms with van der Waals surface area (Å²) in [4.78, 5) is 13.0. The minimum Gasteiger partial charge on any atom is -0.495 e. The van der Waals surface area contributed by atoms with Gasteiger partial charge in [0.2, 0.25) is 0 Å². The molecule has 0 aliphatic heterocycles. The molecule has 0 unspecified atom stereocenters. The molecule has 0 saturated carbocycles. The number of urea groups is 1. The highest BCUT2D eigenvalue weighted by atomic mass is 35.5. The number of carbonyl (C=O) groups excluding carboxylic acids is 1. The number of carbonyl (C=O) groups is 1. The van der Waals surface area contributed by atoms with Gasteiger partial charge in [0.15, 0.2) is 0 Å². The fourth-order valence-electron chi connectivity index (χ4n) is 2.50. The third kappa shape index (κ3) is 3.85. The summed E-state index contributed by atoms with van der Waals surface area (Å²) < 4.78 is 10.3. The number of thiophene rings is 1. The lowest BCUT2D eigenvalue weighted by Gasteiger charge is -2.26. The predicted octanol–water partition coefficient (Wildman–Crippen LogP) is 4.06. The Kier molecular flexibility index (Phi) is 5.51. The van der Waals surface area contributed by atoms with E-state index in [9.17, 15) is 9.90 Å². The van der Waals surface area contributed by atoms with Crippen molar-refractivity contribution in [2.75, 3.05) is 19.0 Å². The van der Waals surface area contributed by atoms with Crippen LogP contribution in [0.25, 0.3) is 0 Å². The van der Waals surface area contributed by atoms with Crippen molar-refractivity contribution in [3.63, 3.8) is 0 Å². The summed E-state index contributed by atoms with van der Waals surface area (Å²) in [6.45, 7) is -0.0399. The average Bonchev–Trinajstić information content (AvgIpc) is 3.33. The summed E-state index contributed by atoms with van der Waals surface area (Å²) in [6, 6.07) is 9.72. The highest BCUT2D eigenvalue weighted by molar-refractivity contribution is 7.10. The van der Waals surface area contributed by atoms with E-state index in [0.29, 0.717) is 26.9 Å². The largest absolute Gasteiger partial charge is 0.495 e. The van der Waals surface area contributed by atoms with E-state index in [1.807, 2.05) is 11.4 Å². The Morgan fingerprint density at radius 1 is 1.38 bits per heavy atom. The number of benzene rings is 1. The molecule has 2 heterocycles. The molecule has 3 rings (SSSR count). The van der Waals surface area contributed by atoms with Crippen LogP contribution in [0.2, 0.25) is 5.02 Å². The molecule has 26 heavy (non-hydrogen) atoms. The number of hydrogen-bond acceptors (Lipinski definition) is 5. The topological polar surface area (TPSA) is 83.7 Å². The van der Waals surface area contributed by atoms with Crippen molar-refractivity contribution in [3.05, 3.63) is 69.8 Å². The van der Waals surface area contributed by atoms with Crippen LogP contribution in [0.3, 0.4) is 0 Å². The van der Waals surface area contributed by atoms with Gasteiger partial charge in [0, 0.05) is 15.5 Å². The van der Waals surface area contributed by atoms with Crippen LogP contribution in [-0.2, 0) is 5.60 Å². The second-order valence-corrected chi connectivity index (χ2v) is 6.89. The molecule has 0 bridgehead atoms. The zero-order valence-corrected chi connectivity index (χ0v) is 15.4. The Bertz CT molecular complexity index is 831. The van der Waals surface area contributed by atoms with Crippen LogP contribution in [0.1, 0.15) is 10.4 Å². The van der Waals surface area contributed by atoms with E-state index >= 15 is 0 Å². The molecule has 0 saturated heterocycles. The van der Waals surface area contributed by atoms with Crippen molar-refractivity contribution in [1.82, 2.24) is 5.32 Å². The second kappa shape index (κ2) is 7.82. The molecule has 3 aromatic rings. The van der Waals surface area contributed by atoms with Crippen molar-refractivity contribution < 1.29 is 19.1 Å². The number of anilines is 1. The summed E-state index contributed by atoms with van der Waals surface area (Å²) in [5.74, 6) is 0.480. The first-order valence-electron chi connectivity index (χ1n) is 7.70. The van der Waals surface area contributed by atoms with E-state index < -0.39 is 11.6 Å². The Labute approximate surface area is 159 Å². The summed E-state index contributed by atoms with van der Waals surface area (Å²) in [6.07, 6.45) is 2.93. The molecule has 136 valence electrons. The zero-order valence-electron chi connectivity index (χ0n) is 13.9. The van der Waals surface area contributed by atoms with Gasteiger partial charge in [-0.15, -0.1) is 11.3 Å².